The van der Waals surface area contributed by atoms with Crippen molar-refractivity contribution in [2.45, 2.75) is 26.2 Å². The SMILES string of the molecule is CCc1nc(CCNC(=NC)N(C)CCc2cccs2)cs1.I. The number of nitrogens with zero attached hydrogens (tertiary/aromatic N) is 3. The summed E-state index contributed by atoms with van der Waals surface area (Å²) in [6, 6.07) is 4.29. The normalized spacial score (nSPS) is 11.2. The van der Waals surface area contributed by atoms with Crippen LogP contribution in [0.4, 0.5) is 0 Å². The molecule has 2 aromatic heterocycles. The zero-order valence-electron chi connectivity index (χ0n) is 13.9. The predicted molar refractivity (Wildman–Crippen MR) is 113 cm³/mol. The molecule has 0 aliphatic heterocycles. The summed E-state index contributed by atoms with van der Waals surface area (Å²) >= 11 is 3.56. The van der Waals surface area contributed by atoms with E-state index in [1.807, 2.05) is 18.4 Å². The summed E-state index contributed by atoms with van der Waals surface area (Å²) in [6.45, 7) is 3.98. The number of aromatic nitrogens is 1. The Morgan fingerprint density at radius 3 is 2.78 bits per heavy atom. The highest BCUT2D eigenvalue weighted by molar-refractivity contribution is 14.0. The molecule has 0 aliphatic carbocycles. The quantitative estimate of drug-likeness (QED) is 0.386. The van der Waals surface area contributed by atoms with Crippen molar-refractivity contribution >= 4 is 52.6 Å². The highest BCUT2D eigenvalue weighted by Gasteiger charge is 2.07. The van der Waals surface area contributed by atoms with Crippen molar-refractivity contribution in [3.05, 3.63) is 38.5 Å². The molecule has 0 aliphatic rings. The lowest BCUT2D eigenvalue weighted by molar-refractivity contribution is 0.487. The highest BCUT2D eigenvalue weighted by Crippen LogP contribution is 2.11. The molecule has 0 bridgehead atoms. The molecule has 0 atom stereocenters. The minimum atomic E-state index is 0. The largest absolute Gasteiger partial charge is 0.356 e. The average Bonchev–Trinajstić information content (AvgIpc) is 3.20. The molecule has 0 saturated heterocycles. The van der Waals surface area contributed by atoms with Crippen molar-refractivity contribution in [1.29, 1.82) is 0 Å². The van der Waals surface area contributed by atoms with Crippen molar-refractivity contribution in [2.24, 2.45) is 4.99 Å². The summed E-state index contributed by atoms with van der Waals surface area (Å²) in [7, 11) is 3.92. The third kappa shape index (κ3) is 6.76. The van der Waals surface area contributed by atoms with Crippen LogP contribution in [0.3, 0.4) is 0 Å². The van der Waals surface area contributed by atoms with Gasteiger partial charge in [-0.1, -0.05) is 13.0 Å². The zero-order valence-corrected chi connectivity index (χ0v) is 17.9. The molecule has 2 heterocycles. The Labute approximate surface area is 164 Å². The van der Waals surface area contributed by atoms with Crippen LogP contribution in [0.5, 0.6) is 0 Å². The number of hydrogen-bond acceptors (Lipinski definition) is 4. The van der Waals surface area contributed by atoms with Crippen molar-refractivity contribution in [3.63, 3.8) is 0 Å². The number of aliphatic imine (C=N–C) groups is 1. The van der Waals surface area contributed by atoms with E-state index < -0.39 is 0 Å². The lowest BCUT2D eigenvalue weighted by Gasteiger charge is -2.21. The molecule has 0 radical (unpaired) electrons. The minimum absolute atomic E-state index is 0. The monoisotopic (exact) mass is 464 g/mol. The lowest BCUT2D eigenvalue weighted by Crippen LogP contribution is -2.40. The average molecular weight is 464 g/mol. The van der Waals surface area contributed by atoms with Gasteiger partial charge in [-0.15, -0.1) is 46.7 Å². The summed E-state index contributed by atoms with van der Waals surface area (Å²) in [6.07, 6.45) is 3.01. The maximum Gasteiger partial charge on any atom is 0.193 e. The molecule has 0 saturated carbocycles. The van der Waals surface area contributed by atoms with Crippen LogP contribution in [0, 0.1) is 0 Å². The van der Waals surface area contributed by atoms with Gasteiger partial charge in [0.1, 0.15) is 0 Å². The predicted octanol–water partition coefficient (Wildman–Crippen LogP) is 3.68. The van der Waals surface area contributed by atoms with Gasteiger partial charge in [0.15, 0.2) is 5.96 Å². The van der Waals surface area contributed by atoms with Gasteiger partial charge in [0.25, 0.3) is 0 Å². The number of guanidine groups is 1. The Morgan fingerprint density at radius 2 is 2.17 bits per heavy atom. The number of thiazole rings is 1. The topological polar surface area (TPSA) is 40.5 Å². The fraction of sp³-hybridized carbons (Fsp3) is 0.500. The van der Waals surface area contributed by atoms with Crippen molar-refractivity contribution < 1.29 is 0 Å². The Bertz CT molecular complexity index is 581. The Morgan fingerprint density at radius 1 is 1.35 bits per heavy atom. The molecular formula is C16H25IN4S2. The van der Waals surface area contributed by atoms with Gasteiger partial charge in [-0.3, -0.25) is 4.99 Å². The molecule has 7 heteroatoms. The third-order valence-corrected chi connectivity index (χ3v) is 5.39. The van der Waals surface area contributed by atoms with Gasteiger partial charge in [0.2, 0.25) is 0 Å². The molecule has 1 N–H and O–H groups in total. The van der Waals surface area contributed by atoms with Gasteiger partial charge in [0, 0.05) is 43.9 Å². The number of aryl methyl sites for hydroxylation is 1. The smallest absolute Gasteiger partial charge is 0.193 e. The molecule has 0 fully saturated rings. The van der Waals surface area contributed by atoms with E-state index >= 15 is 0 Å². The second-order valence-corrected chi connectivity index (χ2v) is 7.04. The fourth-order valence-corrected chi connectivity index (χ4v) is 3.63. The molecule has 0 amide bonds. The highest BCUT2D eigenvalue weighted by atomic mass is 127. The molecular weight excluding hydrogens is 439 g/mol. The van der Waals surface area contributed by atoms with E-state index in [1.54, 1.807) is 11.3 Å². The first-order chi connectivity index (χ1) is 10.7. The van der Waals surface area contributed by atoms with E-state index in [4.69, 9.17) is 0 Å². The summed E-state index contributed by atoms with van der Waals surface area (Å²) in [5.74, 6) is 0.947. The van der Waals surface area contributed by atoms with Gasteiger partial charge in [-0.05, 0) is 24.3 Å². The number of likely N-dealkylation sites (N-methyl/N-ethyl adjacent to an activating group) is 1. The van der Waals surface area contributed by atoms with Crippen LogP contribution in [0.1, 0.15) is 22.5 Å². The first-order valence-corrected chi connectivity index (χ1v) is 9.36. The van der Waals surface area contributed by atoms with Crippen LogP contribution < -0.4 is 5.32 Å². The summed E-state index contributed by atoms with van der Waals surface area (Å²) in [4.78, 5) is 12.5. The first-order valence-electron chi connectivity index (χ1n) is 7.60. The van der Waals surface area contributed by atoms with Gasteiger partial charge in [-0.2, -0.15) is 0 Å². The molecule has 4 nitrogen and oxygen atoms in total. The van der Waals surface area contributed by atoms with Crippen LogP contribution in [0.25, 0.3) is 0 Å². The summed E-state index contributed by atoms with van der Waals surface area (Å²) < 4.78 is 0. The van der Waals surface area contributed by atoms with Crippen LogP contribution in [0.2, 0.25) is 0 Å². The molecule has 2 rings (SSSR count). The van der Waals surface area contributed by atoms with E-state index in [2.05, 4.69) is 57.1 Å². The van der Waals surface area contributed by atoms with Crippen LogP contribution in [-0.4, -0.2) is 43.0 Å². The number of hydrogen-bond donors (Lipinski definition) is 1. The van der Waals surface area contributed by atoms with Gasteiger partial charge < -0.3 is 10.2 Å². The van der Waals surface area contributed by atoms with Gasteiger partial charge >= 0.3 is 0 Å². The van der Waals surface area contributed by atoms with Crippen molar-refractivity contribution in [2.75, 3.05) is 27.2 Å². The van der Waals surface area contributed by atoms with Crippen molar-refractivity contribution in [1.82, 2.24) is 15.2 Å². The van der Waals surface area contributed by atoms with E-state index in [1.165, 1.54) is 15.6 Å². The second kappa shape index (κ2) is 11.0. The zero-order chi connectivity index (χ0) is 15.8. The fourth-order valence-electron chi connectivity index (χ4n) is 2.15. The maximum absolute atomic E-state index is 4.59. The first kappa shape index (κ1) is 20.4. The summed E-state index contributed by atoms with van der Waals surface area (Å²) in [5, 5.41) is 8.92. The van der Waals surface area contributed by atoms with E-state index in [0.717, 1.165) is 38.3 Å². The number of thiophene rings is 1. The summed E-state index contributed by atoms with van der Waals surface area (Å²) in [5.41, 5.74) is 1.17. The molecule has 2 aromatic rings. The van der Waals surface area contributed by atoms with Gasteiger partial charge in [0.05, 0.1) is 10.7 Å². The van der Waals surface area contributed by atoms with E-state index in [0.29, 0.717) is 0 Å². The lowest BCUT2D eigenvalue weighted by atomic mass is 10.3. The second-order valence-electron chi connectivity index (χ2n) is 5.06. The third-order valence-electron chi connectivity index (χ3n) is 3.41. The number of rotatable bonds is 7. The van der Waals surface area contributed by atoms with Crippen LogP contribution >= 0.6 is 46.7 Å². The van der Waals surface area contributed by atoms with Crippen LogP contribution in [0.15, 0.2) is 27.9 Å². The number of nitrogens with one attached hydrogen (secondary N) is 1. The van der Waals surface area contributed by atoms with Gasteiger partial charge in [-0.25, -0.2) is 4.98 Å². The Hall–Kier alpha value is -0.670. The molecule has 0 spiro atoms. The molecule has 0 aromatic carbocycles. The van der Waals surface area contributed by atoms with Crippen molar-refractivity contribution in [3.8, 4) is 0 Å². The molecule has 23 heavy (non-hydrogen) atoms. The molecule has 0 unspecified atom stereocenters. The number of halogens is 1. The van der Waals surface area contributed by atoms with E-state index in [-0.39, 0.29) is 24.0 Å². The Balaban J connectivity index is 0.00000264. The minimum Gasteiger partial charge on any atom is -0.356 e. The Kier molecular flexibility index (Phi) is 9.73. The molecule has 128 valence electrons. The maximum atomic E-state index is 4.59. The standard InChI is InChI=1S/C16H24N4S2.HI/c1-4-15-19-13(12-22-15)7-9-18-16(17-2)20(3)10-8-14-6-5-11-21-14;/h5-6,11-12H,4,7-10H2,1-3H3,(H,17,18);1H. The van der Waals surface area contributed by atoms with Crippen LogP contribution in [-0.2, 0) is 19.3 Å². The van der Waals surface area contributed by atoms with E-state index in [9.17, 15) is 0 Å².